The third-order valence-electron chi connectivity index (χ3n) is 5.57. The van der Waals surface area contributed by atoms with E-state index in [9.17, 15) is 9.59 Å². The summed E-state index contributed by atoms with van der Waals surface area (Å²) in [7, 11) is 0. The number of aryl methyl sites for hydroxylation is 2. The van der Waals surface area contributed by atoms with E-state index in [4.69, 9.17) is 0 Å². The third-order valence-corrected chi connectivity index (χ3v) is 5.57. The SMILES string of the molecule is CCn1nc(C)cc1C(=O)N1CCCN1C(=O)CC1Cc2ccccc2C1. The molecule has 6 heteroatoms. The summed E-state index contributed by atoms with van der Waals surface area (Å²) in [6, 6.07) is 10.2. The smallest absolute Gasteiger partial charge is 0.273 e. The van der Waals surface area contributed by atoms with Crippen LogP contribution in [0.3, 0.4) is 0 Å². The van der Waals surface area contributed by atoms with Gasteiger partial charge in [0.1, 0.15) is 5.69 Å². The summed E-state index contributed by atoms with van der Waals surface area (Å²) in [6.45, 7) is 5.69. The number of aromatic nitrogens is 2. The first kappa shape index (κ1) is 17.8. The molecule has 2 aromatic rings. The Labute approximate surface area is 159 Å². The third kappa shape index (κ3) is 3.36. The lowest BCUT2D eigenvalue weighted by Crippen LogP contribution is -2.46. The topological polar surface area (TPSA) is 58.4 Å². The highest BCUT2D eigenvalue weighted by Crippen LogP contribution is 2.29. The van der Waals surface area contributed by atoms with Gasteiger partial charge in [-0.2, -0.15) is 5.10 Å². The highest BCUT2D eigenvalue weighted by Gasteiger charge is 2.34. The monoisotopic (exact) mass is 366 g/mol. The predicted octanol–water partition coefficient (Wildman–Crippen LogP) is 2.61. The Balaban J connectivity index is 1.45. The van der Waals surface area contributed by atoms with Crippen LogP contribution in [0.25, 0.3) is 0 Å². The van der Waals surface area contributed by atoms with E-state index in [1.165, 1.54) is 11.1 Å². The number of hydrazine groups is 1. The Bertz CT molecular complexity index is 848. The molecule has 0 radical (unpaired) electrons. The maximum absolute atomic E-state index is 13.0. The molecule has 2 aliphatic rings. The highest BCUT2D eigenvalue weighted by atomic mass is 16.2. The molecular formula is C21H26N4O2. The summed E-state index contributed by atoms with van der Waals surface area (Å²) in [5.41, 5.74) is 4.09. The number of benzene rings is 1. The number of carbonyl (C=O) groups is 2. The van der Waals surface area contributed by atoms with Crippen molar-refractivity contribution < 1.29 is 9.59 Å². The van der Waals surface area contributed by atoms with Crippen molar-refractivity contribution in [2.45, 2.75) is 46.1 Å². The van der Waals surface area contributed by atoms with E-state index in [2.05, 4.69) is 29.4 Å². The molecule has 1 saturated heterocycles. The van der Waals surface area contributed by atoms with Crippen LogP contribution in [0, 0.1) is 12.8 Å². The molecule has 4 rings (SSSR count). The van der Waals surface area contributed by atoms with Gasteiger partial charge in [0.15, 0.2) is 0 Å². The number of hydrogen-bond donors (Lipinski definition) is 0. The minimum Gasteiger partial charge on any atom is -0.273 e. The Hall–Kier alpha value is -2.63. The van der Waals surface area contributed by atoms with E-state index >= 15 is 0 Å². The van der Waals surface area contributed by atoms with Gasteiger partial charge in [0.2, 0.25) is 5.91 Å². The molecular weight excluding hydrogens is 340 g/mol. The van der Waals surface area contributed by atoms with Gasteiger partial charge in [0.05, 0.1) is 5.69 Å². The minimum atomic E-state index is -0.127. The second kappa shape index (κ2) is 7.18. The molecule has 0 N–H and O–H groups in total. The van der Waals surface area contributed by atoms with Crippen molar-refractivity contribution in [2.75, 3.05) is 13.1 Å². The zero-order valence-electron chi connectivity index (χ0n) is 16.0. The fourth-order valence-corrected chi connectivity index (χ4v) is 4.32. The van der Waals surface area contributed by atoms with E-state index < -0.39 is 0 Å². The lowest BCUT2D eigenvalue weighted by molar-refractivity contribution is -0.141. The van der Waals surface area contributed by atoms with Gasteiger partial charge in [-0.25, -0.2) is 5.01 Å². The Morgan fingerprint density at radius 1 is 1.11 bits per heavy atom. The molecule has 2 heterocycles. The normalized spacial score (nSPS) is 16.8. The molecule has 1 aliphatic heterocycles. The lowest BCUT2D eigenvalue weighted by atomic mass is 10.0. The number of nitrogens with zero attached hydrogens (tertiary/aromatic N) is 4. The fourth-order valence-electron chi connectivity index (χ4n) is 4.32. The summed E-state index contributed by atoms with van der Waals surface area (Å²) in [5.74, 6) is 0.256. The van der Waals surface area contributed by atoms with E-state index in [1.54, 1.807) is 20.8 Å². The number of rotatable bonds is 4. The van der Waals surface area contributed by atoms with Crippen LogP contribution >= 0.6 is 0 Å². The van der Waals surface area contributed by atoms with Crippen LogP contribution < -0.4 is 0 Å². The Morgan fingerprint density at radius 2 is 1.78 bits per heavy atom. The standard InChI is InChI=1S/C21H26N4O2/c1-3-23-19(11-15(2)22-23)21(27)25-10-6-9-24(25)20(26)14-16-12-17-7-4-5-8-18(17)13-16/h4-5,7-8,11,16H,3,6,9-10,12-14H2,1-2H3. The van der Waals surface area contributed by atoms with Crippen molar-refractivity contribution >= 4 is 11.8 Å². The predicted molar refractivity (Wildman–Crippen MR) is 102 cm³/mol. The first-order valence-electron chi connectivity index (χ1n) is 9.80. The largest absolute Gasteiger partial charge is 0.290 e. The molecule has 0 spiro atoms. The summed E-state index contributed by atoms with van der Waals surface area (Å²) in [6.07, 6.45) is 3.21. The van der Waals surface area contributed by atoms with E-state index in [1.807, 2.05) is 13.8 Å². The number of carbonyl (C=O) groups excluding carboxylic acids is 2. The fraction of sp³-hybridized carbons (Fsp3) is 0.476. The maximum Gasteiger partial charge on any atom is 0.290 e. The van der Waals surface area contributed by atoms with Crippen molar-refractivity contribution in [3.05, 3.63) is 52.8 Å². The molecule has 2 amide bonds. The van der Waals surface area contributed by atoms with Gasteiger partial charge in [-0.1, -0.05) is 24.3 Å². The second-order valence-electron chi connectivity index (χ2n) is 7.53. The molecule has 1 aliphatic carbocycles. The van der Waals surface area contributed by atoms with Gasteiger partial charge >= 0.3 is 0 Å². The Kier molecular flexibility index (Phi) is 4.72. The highest BCUT2D eigenvalue weighted by molar-refractivity contribution is 5.94. The van der Waals surface area contributed by atoms with Gasteiger partial charge in [0.25, 0.3) is 5.91 Å². The van der Waals surface area contributed by atoms with E-state index in [0.717, 1.165) is 25.0 Å². The molecule has 0 saturated carbocycles. The van der Waals surface area contributed by atoms with Gasteiger partial charge < -0.3 is 0 Å². The number of fused-ring (bicyclic) bond motifs is 1. The van der Waals surface area contributed by atoms with Crippen LogP contribution in [-0.4, -0.2) is 44.7 Å². The first-order valence-corrected chi connectivity index (χ1v) is 9.80. The van der Waals surface area contributed by atoms with Gasteiger partial charge in [-0.3, -0.25) is 19.3 Å². The molecule has 142 valence electrons. The molecule has 1 aromatic heterocycles. The molecule has 1 fully saturated rings. The van der Waals surface area contributed by atoms with Crippen LogP contribution in [-0.2, 0) is 24.2 Å². The van der Waals surface area contributed by atoms with Crippen LogP contribution in [0.4, 0.5) is 0 Å². The average molecular weight is 366 g/mol. The van der Waals surface area contributed by atoms with Crippen LogP contribution in [0.1, 0.15) is 47.1 Å². The van der Waals surface area contributed by atoms with Crippen molar-refractivity contribution in [1.82, 2.24) is 19.8 Å². The van der Waals surface area contributed by atoms with Gasteiger partial charge in [0, 0.05) is 26.1 Å². The summed E-state index contributed by atoms with van der Waals surface area (Å²) < 4.78 is 1.71. The zero-order valence-corrected chi connectivity index (χ0v) is 16.0. The van der Waals surface area contributed by atoms with E-state index in [-0.39, 0.29) is 11.8 Å². The molecule has 6 nitrogen and oxygen atoms in total. The van der Waals surface area contributed by atoms with Gasteiger partial charge in [-0.05, 0) is 56.2 Å². The van der Waals surface area contributed by atoms with Crippen LogP contribution in [0.5, 0.6) is 0 Å². The van der Waals surface area contributed by atoms with Gasteiger partial charge in [-0.15, -0.1) is 0 Å². The molecule has 27 heavy (non-hydrogen) atoms. The summed E-state index contributed by atoms with van der Waals surface area (Å²) in [5, 5.41) is 7.64. The molecule has 1 aromatic carbocycles. The van der Waals surface area contributed by atoms with Crippen molar-refractivity contribution in [3.63, 3.8) is 0 Å². The summed E-state index contributed by atoms with van der Waals surface area (Å²) in [4.78, 5) is 26.0. The molecule has 0 atom stereocenters. The first-order chi connectivity index (χ1) is 13.1. The van der Waals surface area contributed by atoms with Crippen molar-refractivity contribution in [1.29, 1.82) is 0 Å². The van der Waals surface area contributed by atoms with Crippen molar-refractivity contribution in [2.24, 2.45) is 5.92 Å². The van der Waals surface area contributed by atoms with Crippen LogP contribution in [0.15, 0.2) is 30.3 Å². The lowest BCUT2D eigenvalue weighted by Gasteiger charge is -2.28. The summed E-state index contributed by atoms with van der Waals surface area (Å²) >= 11 is 0. The number of amides is 2. The van der Waals surface area contributed by atoms with Crippen LogP contribution in [0.2, 0.25) is 0 Å². The quantitative estimate of drug-likeness (QED) is 0.836. The zero-order chi connectivity index (χ0) is 19.0. The number of hydrogen-bond acceptors (Lipinski definition) is 3. The maximum atomic E-state index is 13.0. The second-order valence-corrected chi connectivity index (χ2v) is 7.53. The van der Waals surface area contributed by atoms with E-state index in [0.29, 0.717) is 37.7 Å². The molecule has 0 bridgehead atoms. The van der Waals surface area contributed by atoms with Crippen molar-refractivity contribution in [3.8, 4) is 0 Å². The Morgan fingerprint density at radius 3 is 2.44 bits per heavy atom. The minimum absolute atomic E-state index is 0.0536. The average Bonchev–Trinajstić information content (AvgIpc) is 3.37. The molecule has 0 unspecified atom stereocenters.